The van der Waals surface area contributed by atoms with Gasteiger partial charge in [-0.25, -0.2) is 0 Å². The fraction of sp³-hybridized carbons (Fsp3) is 0.308. The lowest BCUT2D eigenvalue weighted by Gasteiger charge is -2.34. The van der Waals surface area contributed by atoms with E-state index in [0.29, 0.717) is 10.8 Å². The Kier molecular flexibility index (Phi) is 6.52. The molecule has 0 radical (unpaired) electrons. The molecule has 4 rings (SSSR count). The third kappa shape index (κ3) is 4.88. The zero-order valence-corrected chi connectivity index (χ0v) is 18.6. The summed E-state index contributed by atoms with van der Waals surface area (Å²) in [6, 6.07) is 22.0. The van der Waals surface area contributed by atoms with Crippen molar-refractivity contribution in [2.75, 3.05) is 13.1 Å². The average Bonchev–Trinajstić information content (AvgIpc) is 3.20. The van der Waals surface area contributed by atoms with Crippen molar-refractivity contribution in [3.05, 3.63) is 93.2 Å². The summed E-state index contributed by atoms with van der Waals surface area (Å²) < 4.78 is 0. The number of carbonyl (C=O) groups excluding carboxylic acids is 2. The van der Waals surface area contributed by atoms with E-state index in [4.69, 9.17) is 5.73 Å². The van der Waals surface area contributed by atoms with Crippen LogP contribution in [0.5, 0.6) is 0 Å². The van der Waals surface area contributed by atoms with Crippen molar-refractivity contribution >= 4 is 23.2 Å². The van der Waals surface area contributed by atoms with Crippen LogP contribution >= 0.6 is 11.3 Å². The number of likely N-dealkylation sites (tertiary alicyclic amines) is 1. The molecule has 1 saturated heterocycles. The Bertz CT molecular complexity index is 1040. The monoisotopic (exact) mass is 432 g/mol. The minimum Gasteiger partial charge on any atom is -0.365 e. The minimum atomic E-state index is -0.350. The molecule has 31 heavy (non-hydrogen) atoms. The van der Waals surface area contributed by atoms with Gasteiger partial charge in [-0.1, -0.05) is 48.5 Å². The fourth-order valence-electron chi connectivity index (χ4n) is 4.58. The lowest BCUT2D eigenvalue weighted by atomic mass is 9.80. The molecule has 0 aliphatic carbocycles. The summed E-state index contributed by atoms with van der Waals surface area (Å²) in [4.78, 5) is 28.6. The van der Waals surface area contributed by atoms with E-state index in [2.05, 4.69) is 18.2 Å². The second kappa shape index (κ2) is 9.48. The molecule has 0 bridgehead atoms. The number of carbonyl (C=O) groups is 2. The Hall–Kier alpha value is -2.92. The second-order valence-electron chi connectivity index (χ2n) is 8.31. The van der Waals surface area contributed by atoms with E-state index in [-0.39, 0.29) is 17.7 Å². The van der Waals surface area contributed by atoms with Crippen LogP contribution in [0.4, 0.5) is 0 Å². The topological polar surface area (TPSA) is 63.4 Å². The van der Waals surface area contributed by atoms with Crippen LogP contribution in [-0.4, -0.2) is 29.8 Å². The standard InChI is InChI=1S/C26H28N2O2S/c1-18-16-23(24(31-18)25(27)29)22(20-8-4-2-5-9-20)17-19-12-14-28(15-13-19)26(30)21-10-6-3-7-11-21/h2-11,16,19,22H,12-15,17H2,1H3,(H2,27,29). The number of thiophene rings is 1. The number of primary amides is 1. The molecule has 0 saturated carbocycles. The lowest BCUT2D eigenvalue weighted by molar-refractivity contribution is 0.0684. The summed E-state index contributed by atoms with van der Waals surface area (Å²) >= 11 is 1.48. The third-order valence-electron chi connectivity index (χ3n) is 6.18. The van der Waals surface area contributed by atoms with Crippen LogP contribution < -0.4 is 5.73 Å². The predicted octanol–water partition coefficient (Wildman–Crippen LogP) is 5.23. The Morgan fingerprint density at radius 2 is 1.65 bits per heavy atom. The molecule has 1 atom stereocenters. The summed E-state index contributed by atoms with van der Waals surface area (Å²) in [5, 5.41) is 0. The molecule has 2 heterocycles. The van der Waals surface area contributed by atoms with Crippen LogP contribution in [0.1, 0.15) is 61.2 Å². The molecule has 160 valence electrons. The number of piperidine rings is 1. The van der Waals surface area contributed by atoms with E-state index < -0.39 is 0 Å². The summed E-state index contributed by atoms with van der Waals surface area (Å²) in [6.45, 7) is 3.56. The number of nitrogens with zero attached hydrogens (tertiary/aromatic N) is 1. The van der Waals surface area contributed by atoms with Crippen molar-refractivity contribution in [1.29, 1.82) is 0 Å². The molecule has 5 heteroatoms. The van der Waals surface area contributed by atoms with Gasteiger partial charge in [0.1, 0.15) is 0 Å². The minimum absolute atomic E-state index is 0.114. The quantitative estimate of drug-likeness (QED) is 0.580. The van der Waals surface area contributed by atoms with Gasteiger partial charge in [0.2, 0.25) is 0 Å². The highest BCUT2D eigenvalue weighted by molar-refractivity contribution is 7.14. The van der Waals surface area contributed by atoms with Crippen molar-refractivity contribution in [3.8, 4) is 0 Å². The maximum atomic E-state index is 12.8. The maximum absolute atomic E-state index is 12.8. The summed E-state index contributed by atoms with van der Waals surface area (Å²) in [5.41, 5.74) is 8.72. The molecule has 1 fully saturated rings. The summed E-state index contributed by atoms with van der Waals surface area (Å²) in [5.74, 6) is 0.390. The van der Waals surface area contributed by atoms with Crippen LogP contribution in [0.25, 0.3) is 0 Å². The molecule has 1 aliphatic heterocycles. The van der Waals surface area contributed by atoms with Gasteiger partial charge >= 0.3 is 0 Å². The number of nitrogens with two attached hydrogens (primary N) is 1. The van der Waals surface area contributed by atoms with E-state index >= 15 is 0 Å². The number of amides is 2. The molecule has 4 nitrogen and oxygen atoms in total. The Labute approximate surface area is 187 Å². The van der Waals surface area contributed by atoms with E-state index in [1.54, 1.807) is 0 Å². The van der Waals surface area contributed by atoms with Gasteiger partial charge in [-0.3, -0.25) is 9.59 Å². The summed E-state index contributed by atoms with van der Waals surface area (Å²) in [7, 11) is 0. The molecule has 1 aromatic heterocycles. The number of hydrogen-bond acceptors (Lipinski definition) is 3. The van der Waals surface area contributed by atoms with Crippen LogP contribution in [0.2, 0.25) is 0 Å². The maximum Gasteiger partial charge on any atom is 0.259 e. The molecule has 2 N–H and O–H groups in total. The van der Waals surface area contributed by atoms with Gasteiger partial charge < -0.3 is 10.6 Å². The first-order valence-corrected chi connectivity index (χ1v) is 11.6. The molecule has 2 aromatic carbocycles. The molecular weight excluding hydrogens is 404 g/mol. The van der Waals surface area contributed by atoms with Crippen LogP contribution in [0.3, 0.4) is 0 Å². The first-order chi connectivity index (χ1) is 15.0. The molecule has 0 spiro atoms. The molecule has 1 unspecified atom stereocenters. The third-order valence-corrected chi connectivity index (χ3v) is 7.26. The number of hydrogen-bond donors (Lipinski definition) is 1. The van der Waals surface area contributed by atoms with Gasteiger partial charge in [0.15, 0.2) is 0 Å². The number of aryl methyl sites for hydroxylation is 1. The van der Waals surface area contributed by atoms with Crippen molar-refractivity contribution < 1.29 is 9.59 Å². The largest absolute Gasteiger partial charge is 0.365 e. The highest BCUT2D eigenvalue weighted by Gasteiger charge is 2.29. The van der Waals surface area contributed by atoms with Gasteiger partial charge in [-0.2, -0.15) is 0 Å². The zero-order chi connectivity index (χ0) is 21.8. The van der Waals surface area contributed by atoms with E-state index in [1.807, 2.05) is 60.4 Å². The number of rotatable bonds is 6. The normalized spacial score (nSPS) is 15.6. The highest BCUT2D eigenvalue weighted by atomic mass is 32.1. The fourth-order valence-corrected chi connectivity index (χ4v) is 5.51. The van der Waals surface area contributed by atoms with Crippen molar-refractivity contribution in [3.63, 3.8) is 0 Å². The average molecular weight is 433 g/mol. The van der Waals surface area contributed by atoms with Gasteiger partial charge in [0.25, 0.3) is 11.8 Å². The predicted molar refractivity (Wildman–Crippen MR) is 126 cm³/mol. The van der Waals surface area contributed by atoms with Gasteiger partial charge in [0.05, 0.1) is 4.88 Å². The van der Waals surface area contributed by atoms with Crippen molar-refractivity contribution in [2.24, 2.45) is 11.7 Å². The van der Waals surface area contributed by atoms with Gasteiger partial charge in [0, 0.05) is 29.4 Å². The lowest BCUT2D eigenvalue weighted by Crippen LogP contribution is -2.38. The first-order valence-electron chi connectivity index (χ1n) is 10.8. The smallest absolute Gasteiger partial charge is 0.259 e. The number of benzene rings is 2. The molecular formula is C26H28N2O2S. The molecule has 2 amide bonds. The van der Waals surface area contributed by atoms with Crippen molar-refractivity contribution in [1.82, 2.24) is 4.90 Å². The Morgan fingerprint density at radius 3 is 2.26 bits per heavy atom. The molecule has 1 aliphatic rings. The van der Waals surface area contributed by atoms with Gasteiger partial charge in [-0.15, -0.1) is 11.3 Å². The summed E-state index contributed by atoms with van der Waals surface area (Å²) in [6.07, 6.45) is 2.89. The van der Waals surface area contributed by atoms with E-state index in [0.717, 1.165) is 48.4 Å². The zero-order valence-electron chi connectivity index (χ0n) is 17.8. The van der Waals surface area contributed by atoms with Crippen LogP contribution in [-0.2, 0) is 0 Å². The first kappa shape index (κ1) is 21.3. The van der Waals surface area contributed by atoms with Crippen LogP contribution in [0.15, 0.2) is 66.7 Å². The van der Waals surface area contributed by atoms with E-state index in [1.165, 1.54) is 16.9 Å². The Morgan fingerprint density at radius 1 is 1.03 bits per heavy atom. The SMILES string of the molecule is Cc1cc(C(CC2CCN(C(=O)c3ccccc3)CC2)c2ccccc2)c(C(N)=O)s1. The molecule has 3 aromatic rings. The highest BCUT2D eigenvalue weighted by Crippen LogP contribution is 2.39. The van der Waals surface area contributed by atoms with E-state index in [9.17, 15) is 9.59 Å². The van der Waals surface area contributed by atoms with Crippen LogP contribution in [0, 0.1) is 12.8 Å². The second-order valence-corrected chi connectivity index (χ2v) is 9.56. The van der Waals surface area contributed by atoms with Crippen molar-refractivity contribution in [2.45, 2.75) is 32.1 Å². The van der Waals surface area contributed by atoms with Gasteiger partial charge in [-0.05, 0) is 61.4 Å². The Balaban J connectivity index is 1.50.